The highest BCUT2D eigenvalue weighted by atomic mass is 32.2. The number of alkyl halides is 2. The molecule has 3 N–H and O–H groups in total. The molecule has 0 spiro atoms. The van der Waals surface area contributed by atoms with E-state index in [0.29, 0.717) is 4.31 Å². The van der Waals surface area contributed by atoms with Gasteiger partial charge in [-0.05, 0) is 6.07 Å². The molecule has 2 heterocycles. The molecule has 1 amide bonds. The number of benzene rings is 1. The van der Waals surface area contributed by atoms with Crippen molar-refractivity contribution in [2.75, 3.05) is 16.2 Å². The summed E-state index contributed by atoms with van der Waals surface area (Å²) in [6.45, 7) is -0.712. The van der Waals surface area contributed by atoms with Crippen molar-refractivity contribution in [1.29, 1.82) is 0 Å². The van der Waals surface area contributed by atoms with Crippen molar-refractivity contribution in [3.8, 4) is 5.75 Å². The number of hydrogen-bond acceptors (Lipinski definition) is 7. The van der Waals surface area contributed by atoms with E-state index in [-0.39, 0.29) is 16.7 Å². The molecule has 2 aromatic rings. The molecule has 2 fully saturated rings. The molecule has 4 rings (SSSR count). The predicted octanol–water partition coefficient (Wildman–Crippen LogP) is 0.475. The van der Waals surface area contributed by atoms with Crippen LogP contribution in [0.2, 0.25) is 0 Å². The van der Waals surface area contributed by atoms with E-state index in [1.807, 2.05) is 0 Å². The number of hydrogen-bond donors (Lipinski definition) is 3. The number of aromatic hydroxyl groups is 1. The van der Waals surface area contributed by atoms with Crippen LogP contribution in [0.15, 0.2) is 12.1 Å². The van der Waals surface area contributed by atoms with Gasteiger partial charge < -0.3 is 10.4 Å². The second-order valence-electron chi connectivity index (χ2n) is 5.92. The summed E-state index contributed by atoms with van der Waals surface area (Å²) < 4.78 is 66.7. The van der Waals surface area contributed by atoms with Crippen molar-refractivity contribution in [2.24, 2.45) is 0 Å². The maximum Gasteiger partial charge on any atom is 0.326 e. The Morgan fingerprint density at radius 3 is 2.62 bits per heavy atom. The predicted molar refractivity (Wildman–Crippen MR) is 82.5 cm³/mol. The largest absolute Gasteiger partial charge is 0.506 e. The molecule has 1 atom stereocenters. The molecular formula is C13H10F3N5O4S. The van der Waals surface area contributed by atoms with Gasteiger partial charge in [0.05, 0.1) is 11.6 Å². The minimum atomic E-state index is -4.35. The Morgan fingerprint density at radius 2 is 2.04 bits per heavy atom. The van der Waals surface area contributed by atoms with Gasteiger partial charge in [-0.2, -0.15) is 8.42 Å². The first-order chi connectivity index (χ1) is 12.1. The molecule has 1 aromatic heterocycles. The van der Waals surface area contributed by atoms with E-state index in [9.17, 15) is 31.5 Å². The van der Waals surface area contributed by atoms with Crippen molar-refractivity contribution >= 4 is 38.5 Å². The first-order valence-corrected chi connectivity index (χ1v) is 8.69. The van der Waals surface area contributed by atoms with Gasteiger partial charge in [-0.1, -0.05) is 0 Å². The quantitative estimate of drug-likeness (QED) is 0.697. The fourth-order valence-corrected chi connectivity index (χ4v) is 3.79. The summed E-state index contributed by atoms with van der Waals surface area (Å²) in [5.41, 5.74) is -0.862. The number of nitrogens with zero attached hydrogens (tertiary/aromatic N) is 3. The fourth-order valence-electron chi connectivity index (χ4n) is 2.62. The van der Waals surface area contributed by atoms with Gasteiger partial charge in [0.1, 0.15) is 23.8 Å². The molecule has 0 bridgehead atoms. The first kappa shape index (κ1) is 16.6. The van der Waals surface area contributed by atoms with E-state index in [1.165, 1.54) is 0 Å². The van der Waals surface area contributed by atoms with Gasteiger partial charge in [-0.25, -0.2) is 22.2 Å². The Bertz CT molecular complexity index is 1060. The summed E-state index contributed by atoms with van der Waals surface area (Å²) in [4.78, 5) is 11.3. The molecule has 1 aliphatic carbocycles. The lowest BCUT2D eigenvalue weighted by Gasteiger charge is -2.18. The zero-order chi connectivity index (χ0) is 18.9. The number of aromatic nitrogens is 2. The zero-order valence-corrected chi connectivity index (χ0v) is 13.5. The highest BCUT2D eigenvalue weighted by Gasteiger charge is 2.57. The van der Waals surface area contributed by atoms with E-state index >= 15 is 0 Å². The van der Waals surface area contributed by atoms with E-state index in [1.54, 1.807) is 4.72 Å². The lowest BCUT2D eigenvalue weighted by molar-refractivity contribution is -0.117. The SMILES string of the molecule is O=C1CN(c2c(O)cc3nnc(NC4CC4(F)F)cc3c2F)S(=O)(=O)N1. The van der Waals surface area contributed by atoms with Crippen molar-refractivity contribution in [3.05, 3.63) is 17.9 Å². The Morgan fingerprint density at radius 1 is 1.35 bits per heavy atom. The zero-order valence-electron chi connectivity index (χ0n) is 12.7. The van der Waals surface area contributed by atoms with Crippen LogP contribution in [0.1, 0.15) is 6.42 Å². The van der Waals surface area contributed by atoms with Crippen LogP contribution in [0.25, 0.3) is 10.9 Å². The minimum absolute atomic E-state index is 0.118. The summed E-state index contributed by atoms with van der Waals surface area (Å²) in [6.07, 6.45) is -0.393. The van der Waals surface area contributed by atoms with E-state index in [4.69, 9.17) is 0 Å². The smallest absolute Gasteiger partial charge is 0.326 e. The maximum atomic E-state index is 14.9. The lowest BCUT2D eigenvalue weighted by Crippen LogP contribution is -2.30. The third-order valence-electron chi connectivity index (χ3n) is 4.00. The van der Waals surface area contributed by atoms with E-state index in [2.05, 4.69) is 15.5 Å². The van der Waals surface area contributed by atoms with Crippen LogP contribution in [0.3, 0.4) is 0 Å². The van der Waals surface area contributed by atoms with Gasteiger partial charge in [0.2, 0.25) is 0 Å². The molecule has 0 radical (unpaired) electrons. The number of anilines is 2. The molecule has 1 saturated carbocycles. The summed E-state index contributed by atoms with van der Waals surface area (Å²) in [7, 11) is -4.35. The van der Waals surface area contributed by atoms with E-state index in [0.717, 1.165) is 12.1 Å². The number of rotatable bonds is 3. The topological polar surface area (TPSA) is 125 Å². The highest BCUT2D eigenvalue weighted by molar-refractivity contribution is 7.92. The maximum absolute atomic E-state index is 14.9. The van der Waals surface area contributed by atoms with Crippen LogP contribution in [0, 0.1) is 5.82 Å². The number of carbonyl (C=O) groups is 1. The highest BCUT2D eigenvalue weighted by Crippen LogP contribution is 2.44. The Hall–Kier alpha value is -2.83. The first-order valence-electron chi connectivity index (χ1n) is 7.25. The molecule has 138 valence electrons. The van der Waals surface area contributed by atoms with Gasteiger partial charge in [0.15, 0.2) is 5.82 Å². The van der Waals surface area contributed by atoms with Crippen LogP contribution < -0.4 is 14.3 Å². The fraction of sp³-hybridized carbons (Fsp3) is 0.308. The monoisotopic (exact) mass is 389 g/mol. The summed E-state index contributed by atoms with van der Waals surface area (Å²) in [5, 5.41) is 19.4. The van der Waals surface area contributed by atoms with Crippen LogP contribution in [0.5, 0.6) is 5.75 Å². The molecule has 9 nitrogen and oxygen atoms in total. The van der Waals surface area contributed by atoms with E-state index < -0.39 is 58.3 Å². The minimum Gasteiger partial charge on any atom is -0.506 e. The molecule has 13 heteroatoms. The molecular weight excluding hydrogens is 379 g/mol. The van der Waals surface area contributed by atoms with Gasteiger partial charge >= 0.3 is 10.2 Å². The van der Waals surface area contributed by atoms with Gasteiger partial charge in [-0.3, -0.25) is 4.79 Å². The van der Waals surface area contributed by atoms with Crippen LogP contribution in [-0.2, 0) is 15.0 Å². The van der Waals surface area contributed by atoms with Crippen molar-refractivity contribution in [1.82, 2.24) is 14.9 Å². The molecule has 26 heavy (non-hydrogen) atoms. The van der Waals surface area contributed by atoms with Crippen molar-refractivity contribution in [3.63, 3.8) is 0 Å². The number of carbonyl (C=O) groups excluding carboxylic acids is 1. The Balaban J connectivity index is 1.80. The van der Waals surface area contributed by atoms with Gasteiger partial charge in [-0.15, -0.1) is 10.2 Å². The van der Waals surface area contributed by atoms with Crippen molar-refractivity contribution in [2.45, 2.75) is 18.4 Å². The van der Waals surface area contributed by atoms with Crippen LogP contribution in [0.4, 0.5) is 24.7 Å². The third kappa shape index (κ3) is 2.55. The van der Waals surface area contributed by atoms with Gasteiger partial charge in [0.25, 0.3) is 11.8 Å². The average Bonchev–Trinajstić information content (AvgIpc) is 3.02. The Labute approximate surface area is 144 Å². The number of amides is 1. The van der Waals surface area contributed by atoms with Gasteiger partial charge in [0, 0.05) is 17.9 Å². The molecule has 1 aliphatic heterocycles. The molecule has 1 aromatic carbocycles. The normalized spacial score (nSPS) is 23.1. The third-order valence-corrected chi connectivity index (χ3v) is 5.38. The second-order valence-corrected chi connectivity index (χ2v) is 7.51. The number of phenols is 1. The second kappa shape index (κ2) is 5.09. The molecule has 1 unspecified atom stereocenters. The number of halogens is 3. The number of fused-ring (bicyclic) bond motifs is 1. The lowest BCUT2D eigenvalue weighted by atomic mass is 10.1. The van der Waals surface area contributed by atoms with Crippen molar-refractivity contribution < 1.29 is 31.5 Å². The average molecular weight is 389 g/mol. The Kier molecular flexibility index (Phi) is 3.26. The van der Waals surface area contributed by atoms with Crippen LogP contribution >= 0.6 is 0 Å². The van der Waals surface area contributed by atoms with Crippen LogP contribution in [-0.4, -0.2) is 48.1 Å². The standard InChI is InChI=1S/C13H10F3N5O4S/c14-11-5-1-9(17-8-3-13(8,15)16)19-18-6(5)2-7(22)12(11)21-4-10(23)20-26(21,24)25/h1-2,8,22H,3-4H2,(H,17,19)(H,20,23). The molecule has 2 aliphatic rings. The number of phenolic OH excluding ortho intramolecular Hbond substituents is 1. The summed E-state index contributed by atoms with van der Waals surface area (Å²) >= 11 is 0. The number of nitrogens with one attached hydrogen (secondary N) is 2. The summed E-state index contributed by atoms with van der Waals surface area (Å²) in [6, 6.07) is 0.899. The summed E-state index contributed by atoms with van der Waals surface area (Å²) in [5.74, 6) is -5.85. The molecule has 1 saturated heterocycles.